The first-order valence-electron chi connectivity index (χ1n) is 4.69. The van der Waals surface area contributed by atoms with E-state index in [0.29, 0.717) is 5.92 Å². The van der Waals surface area contributed by atoms with Crippen molar-refractivity contribution in [2.45, 2.75) is 13.8 Å². The molecule has 1 heterocycles. The van der Waals surface area contributed by atoms with Gasteiger partial charge in [-0.05, 0) is 23.6 Å². The molecule has 0 spiro atoms. The molecule has 1 aliphatic heterocycles. The first-order valence-corrected chi connectivity index (χ1v) is 4.69. The fraction of sp³-hybridized carbons (Fsp3) is 0.250. The number of hydrogen-bond acceptors (Lipinski definition) is 2. The van der Waals surface area contributed by atoms with Crippen molar-refractivity contribution in [3.05, 3.63) is 48.9 Å². The van der Waals surface area contributed by atoms with Gasteiger partial charge < -0.3 is 0 Å². The van der Waals surface area contributed by atoms with E-state index in [4.69, 9.17) is 0 Å². The van der Waals surface area contributed by atoms with E-state index < -0.39 is 0 Å². The van der Waals surface area contributed by atoms with Crippen molar-refractivity contribution in [1.82, 2.24) is 5.01 Å². The van der Waals surface area contributed by atoms with Crippen molar-refractivity contribution in [3.8, 4) is 0 Å². The first-order chi connectivity index (χ1) is 6.70. The minimum absolute atomic E-state index is 0.468. The van der Waals surface area contributed by atoms with E-state index in [0.717, 1.165) is 5.70 Å². The molecular weight excluding hydrogens is 172 g/mol. The molecule has 0 aliphatic carbocycles. The Balaban J connectivity index is 3.09. The summed E-state index contributed by atoms with van der Waals surface area (Å²) >= 11 is 0. The lowest BCUT2D eigenvalue weighted by molar-refractivity contribution is 0.490. The van der Waals surface area contributed by atoms with Gasteiger partial charge in [0, 0.05) is 12.4 Å². The van der Waals surface area contributed by atoms with Gasteiger partial charge in [0.25, 0.3) is 0 Å². The van der Waals surface area contributed by atoms with E-state index in [1.807, 2.05) is 12.2 Å². The zero-order valence-corrected chi connectivity index (χ0v) is 8.77. The maximum atomic E-state index is 4.18. The molecule has 1 aliphatic rings. The van der Waals surface area contributed by atoms with Gasteiger partial charge in [-0.3, -0.25) is 0 Å². The third-order valence-corrected chi connectivity index (χ3v) is 2.06. The van der Waals surface area contributed by atoms with E-state index in [1.165, 1.54) is 5.57 Å². The number of hydrogen-bond donors (Lipinski definition) is 0. The van der Waals surface area contributed by atoms with Gasteiger partial charge in [-0.15, -0.1) is 0 Å². The summed E-state index contributed by atoms with van der Waals surface area (Å²) in [4.78, 5) is 0. The minimum Gasteiger partial charge on any atom is -0.241 e. The van der Waals surface area contributed by atoms with Crippen LogP contribution in [0.5, 0.6) is 0 Å². The third-order valence-electron chi connectivity index (χ3n) is 2.06. The van der Waals surface area contributed by atoms with E-state index in [1.54, 1.807) is 23.5 Å². The summed E-state index contributed by atoms with van der Waals surface area (Å²) in [6, 6.07) is 0. The van der Waals surface area contributed by atoms with Crippen LogP contribution in [0.1, 0.15) is 13.8 Å². The number of nitrogens with zero attached hydrogens (tertiary/aromatic N) is 2. The summed E-state index contributed by atoms with van der Waals surface area (Å²) in [7, 11) is 0. The molecule has 2 nitrogen and oxygen atoms in total. The van der Waals surface area contributed by atoms with Crippen LogP contribution < -0.4 is 0 Å². The predicted molar refractivity (Wildman–Crippen MR) is 61.7 cm³/mol. The highest BCUT2D eigenvalue weighted by atomic mass is 15.4. The molecule has 0 aromatic rings. The Morgan fingerprint density at radius 3 is 2.64 bits per heavy atom. The Hall–Kier alpha value is -1.57. The van der Waals surface area contributed by atoms with Crippen LogP contribution >= 0.6 is 0 Å². The molecular formula is C12H16N2. The second-order valence-corrected chi connectivity index (χ2v) is 3.36. The van der Waals surface area contributed by atoms with Crippen LogP contribution in [0.15, 0.2) is 54.0 Å². The third kappa shape index (κ3) is 2.02. The maximum absolute atomic E-state index is 4.18. The first kappa shape index (κ1) is 10.5. The van der Waals surface area contributed by atoms with Gasteiger partial charge in [0.1, 0.15) is 0 Å². The number of hydrazone groups is 1. The Bertz CT molecular complexity index is 319. The minimum atomic E-state index is 0.468. The van der Waals surface area contributed by atoms with Crippen molar-refractivity contribution < 1.29 is 0 Å². The molecule has 0 bridgehead atoms. The van der Waals surface area contributed by atoms with Crippen LogP contribution in [0, 0.1) is 5.92 Å². The average Bonchev–Trinajstić information content (AvgIpc) is 2.18. The van der Waals surface area contributed by atoms with Crippen LogP contribution in [-0.4, -0.2) is 11.2 Å². The summed E-state index contributed by atoms with van der Waals surface area (Å²) in [6.07, 6.45) is 9.23. The molecule has 14 heavy (non-hydrogen) atoms. The Morgan fingerprint density at radius 2 is 2.14 bits per heavy atom. The second kappa shape index (κ2) is 4.61. The van der Waals surface area contributed by atoms with Crippen molar-refractivity contribution in [3.63, 3.8) is 0 Å². The van der Waals surface area contributed by atoms with Gasteiger partial charge in [0.2, 0.25) is 0 Å². The van der Waals surface area contributed by atoms with E-state index >= 15 is 0 Å². The van der Waals surface area contributed by atoms with Gasteiger partial charge in [-0.25, -0.2) is 5.01 Å². The SMILES string of the molecule is C=C/C=C1/C(C(C)C)=CC=NN1C=C. The van der Waals surface area contributed by atoms with Crippen LogP contribution in [0.2, 0.25) is 0 Å². The molecule has 0 aromatic heterocycles. The highest BCUT2D eigenvalue weighted by Gasteiger charge is 2.15. The van der Waals surface area contributed by atoms with Gasteiger partial charge in [0.15, 0.2) is 0 Å². The van der Waals surface area contributed by atoms with Gasteiger partial charge in [0.05, 0.1) is 5.70 Å². The van der Waals surface area contributed by atoms with Crippen molar-refractivity contribution in [2.24, 2.45) is 11.0 Å². The zero-order chi connectivity index (χ0) is 10.6. The summed E-state index contributed by atoms with van der Waals surface area (Å²) in [5, 5.41) is 5.94. The molecule has 74 valence electrons. The van der Waals surface area contributed by atoms with Crippen molar-refractivity contribution >= 4 is 6.21 Å². The molecule has 0 atom stereocenters. The van der Waals surface area contributed by atoms with Crippen LogP contribution in [0.3, 0.4) is 0 Å². The van der Waals surface area contributed by atoms with Crippen molar-refractivity contribution in [2.75, 3.05) is 0 Å². The summed E-state index contributed by atoms with van der Waals surface area (Å²) in [6.45, 7) is 11.7. The molecule has 0 saturated carbocycles. The second-order valence-electron chi connectivity index (χ2n) is 3.36. The van der Waals surface area contributed by atoms with E-state index in [-0.39, 0.29) is 0 Å². The van der Waals surface area contributed by atoms with Gasteiger partial charge >= 0.3 is 0 Å². The molecule has 2 heteroatoms. The van der Waals surface area contributed by atoms with Gasteiger partial charge in [-0.1, -0.05) is 33.1 Å². The number of allylic oxidation sites excluding steroid dienone is 4. The predicted octanol–water partition coefficient (Wildman–Crippen LogP) is 3.08. The zero-order valence-electron chi connectivity index (χ0n) is 8.77. The molecule has 0 fully saturated rings. The smallest absolute Gasteiger partial charge is 0.0680 e. The monoisotopic (exact) mass is 188 g/mol. The molecule has 0 unspecified atom stereocenters. The highest BCUT2D eigenvalue weighted by molar-refractivity contribution is 5.75. The van der Waals surface area contributed by atoms with E-state index in [2.05, 4.69) is 32.1 Å². The Labute approximate surface area is 85.6 Å². The lowest BCUT2D eigenvalue weighted by Crippen LogP contribution is -2.17. The van der Waals surface area contributed by atoms with E-state index in [9.17, 15) is 0 Å². The maximum Gasteiger partial charge on any atom is 0.0680 e. The largest absolute Gasteiger partial charge is 0.241 e. The lowest BCUT2D eigenvalue weighted by atomic mass is 9.98. The molecule has 0 saturated heterocycles. The Morgan fingerprint density at radius 1 is 1.43 bits per heavy atom. The fourth-order valence-electron chi connectivity index (χ4n) is 1.38. The fourth-order valence-corrected chi connectivity index (χ4v) is 1.38. The van der Waals surface area contributed by atoms with Crippen molar-refractivity contribution in [1.29, 1.82) is 0 Å². The summed E-state index contributed by atoms with van der Waals surface area (Å²) in [5.74, 6) is 0.468. The van der Waals surface area contributed by atoms with Gasteiger partial charge in [-0.2, -0.15) is 5.10 Å². The molecule has 0 N–H and O–H groups in total. The molecule has 0 radical (unpaired) electrons. The normalized spacial score (nSPS) is 18.6. The topological polar surface area (TPSA) is 15.6 Å². The molecule has 0 amide bonds. The quantitative estimate of drug-likeness (QED) is 0.664. The number of rotatable bonds is 3. The standard InChI is InChI=1S/C12H16N2/c1-5-7-12-11(10(3)4)8-9-13-14(12)6-2/h5-10H,1-2H2,3-4H3/b12-7-. The Kier molecular flexibility index (Phi) is 3.46. The van der Waals surface area contributed by atoms with Crippen LogP contribution in [0.25, 0.3) is 0 Å². The van der Waals surface area contributed by atoms with Crippen LogP contribution in [-0.2, 0) is 0 Å². The summed E-state index contributed by atoms with van der Waals surface area (Å²) in [5.41, 5.74) is 2.30. The average molecular weight is 188 g/mol. The summed E-state index contributed by atoms with van der Waals surface area (Å²) < 4.78 is 0. The lowest BCUT2D eigenvalue weighted by Gasteiger charge is -2.25. The van der Waals surface area contributed by atoms with Crippen LogP contribution in [0.4, 0.5) is 0 Å². The molecule has 0 aromatic carbocycles. The molecule has 1 rings (SSSR count). The highest BCUT2D eigenvalue weighted by Crippen LogP contribution is 2.25.